The molecule has 98 valence electrons. The third-order valence-corrected chi connectivity index (χ3v) is 2.54. The molecule has 0 fully saturated rings. The largest absolute Gasteiger partial charge is 0.337 e. The number of para-hydroxylation sites is 1. The number of rotatable bonds is 3. The SMILES string of the molecule is O=C(NNc1ccc(Cl)cc1)Nc1ccccc1F. The first kappa shape index (κ1) is 13.2. The Kier molecular flexibility index (Phi) is 4.20. The summed E-state index contributed by atoms with van der Waals surface area (Å²) in [5.41, 5.74) is 5.82. The molecule has 19 heavy (non-hydrogen) atoms. The predicted octanol–water partition coefficient (Wildman–Crippen LogP) is 3.63. The van der Waals surface area contributed by atoms with E-state index in [1.807, 2.05) is 0 Å². The van der Waals surface area contributed by atoms with E-state index in [1.165, 1.54) is 12.1 Å². The van der Waals surface area contributed by atoms with Crippen LogP contribution < -0.4 is 16.2 Å². The van der Waals surface area contributed by atoms with Crippen LogP contribution in [0.3, 0.4) is 0 Å². The molecule has 3 N–H and O–H groups in total. The third kappa shape index (κ3) is 3.86. The van der Waals surface area contributed by atoms with Crippen molar-refractivity contribution in [2.75, 3.05) is 10.7 Å². The normalized spacial score (nSPS) is 9.79. The highest BCUT2D eigenvalue weighted by Gasteiger charge is 2.04. The molecular formula is C13H11ClFN3O. The van der Waals surface area contributed by atoms with Gasteiger partial charge in [0.05, 0.1) is 11.4 Å². The van der Waals surface area contributed by atoms with E-state index >= 15 is 0 Å². The van der Waals surface area contributed by atoms with Crippen molar-refractivity contribution in [1.82, 2.24) is 5.43 Å². The van der Waals surface area contributed by atoms with Gasteiger partial charge in [0.15, 0.2) is 0 Å². The van der Waals surface area contributed by atoms with Gasteiger partial charge in [-0.05, 0) is 36.4 Å². The zero-order valence-corrected chi connectivity index (χ0v) is 10.5. The van der Waals surface area contributed by atoms with E-state index in [-0.39, 0.29) is 5.69 Å². The Bertz CT molecular complexity index is 574. The van der Waals surface area contributed by atoms with E-state index in [2.05, 4.69) is 16.2 Å². The number of urea groups is 1. The number of benzene rings is 2. The van der Waals surface area contributed by atoms with Crippen LogP contribution in [0.15, 0.2) is 48.5 Å². The summed E-state index contributed by atoms with van der Waals surface area (Å²) in [7, 11) is 0. The molecule has 0 aliphatic heterocycles. The Morgan fingerprint density at radius 2 is 1.74 bits per heavy atom. The van der Waals surface area contributed by atoms with Crippen molar-refractivity contribution in [3.63, 3.8) is 0 Å². The lowest BCUT2D eigenvalue weighted by Crippen LogP contribution is -2.33. The highest BCUT2D eigenvalue weighted by Crippen LogP contribution is 2.13. The average Bonchev–Trinajstić information content (AvgIpc) is 2.41. The van der Waals surface area contributed by atoms with Crippen molar-refractivity contribution in [1.29, 1.82) is 0 Å². The Hall–Kier alpha value is -2.27. The van der Waals surface area contributed by atoms with Gasteiger partial charge in [-0.15, -0.1) is 0 Å². The van der Waals surface area contributed by atoms with Crippen molar-refractivity contribution in [2.45, 2.75) is 0 Å². The predicted molar refractivity (Wildman–Crippen MR) is 73.6 cm³/mol. The second-order valence-corrected chi connectivity index (χ2v) is 4.13. The van der Waals surface area contributed by atoms with Crippen molar-refractivity contribution >= 4 is 29.0 Å². The smallest absolute Gasteiger partial charge is 0.304 e. The highest BCUT2D eigenvalue weighted by atomic mass is 35.5. The molecule has 0 atom stereocenters. The van der Waals surface area contributed by atoms with Crippen LogP contribution >= 0.6 is 11.6 Å². The van der Waals surface area contributed by atoms with Crippen LogP contribution in [0.4, 0.5) is 20.6 Å². The molecule has 0 radical (unpaired) electrons. The first-order chi connectivity index (χ1) is 9.15. The van der Waals surface area contributed by atoms with Crippen LogP contribution in [0.2, 0.25) is 5.02 Å². The maximum absolute atomic E-state index is 13.3. The fourth-order valence-electron chi connectivity index (χ4n) is 1.38. The number of halogens is 2. The van der Waals surface area contributed by atoms with E-state index in [4.69, 9.17) is 11.6 Å². The van der Waals surface area contributed by atoms with Crippen LogP contribution in [0.25, 0.3) is 0 Å². The van der Waals surface area contributed by atoms with Crippen molar-refractivity contribution in [2.24, 2.45) is 0 Å². The van der Waals surface area contributed by atoms with Gasteiger partial charge in [0, 0.05) is 5.02 Å². The minimum Gasteiger partial charge on any atom is -0.304 e. The molecule has 0 bridgehead atoms. The Labute approximate surface area is 114 Å². The van der Waals surface area contributed by atoms with E-state index < -0.39 is 11.8 Å². The zero-order valence-electron chi connectivity index (χ0n) is 9.78. The monoisotopic (exact) mass is 279 g/mol. The summed E-state index contributed by atoms with van der Waals surface area (Å²) in [4.78, 5) is 11.5. The summed E-state index contributed by atoms with van der Waals surface area (Å²) < 4.78 is 13.3. The number of nitrogens with one attached hydrogen (secondary N) is 3. The number of carbonyl (C=O) groups excluding carboxylic acids is 1. The molecule has 0 unspecified atom stereocenters. The zero-order chi connectivity index (χ0) is 13.7. The molecule has 2 aromatic rings. The first-order valence-electron chi connectivity index (χ1n) is 5.48. The first-order valence-corrected chi connectivity index (χ1v) is 5.86. The third-order valence-electron chi connectivity index (χ3n) is 2.29. The van der Waals surface area contributed by atoms with Gasteiger partial charge in [-0.25, -0.2) is 9.18 Å². The maximum Gasteiger partial charge on any atom is 0.337 e. The second-order valence-electron chi connectivity index (χ2n) is 3.69. The topological polar surface area (TPSA) is 53.2 Å². The molecule has 0 spiro atoms. The number of anilines is 2. The average molecular weight is 280 g/mol. The highest BCUT2D eigenvalue weighted by molar-refractivity contribution is 6.30. The molecule has 4 nitrogen and oxygen atoms in total. The minimum absolute atomic E-state index is 0.109. The fraction of sp³-hybridized carbons (Fsp3) is 0. The van der Waals surface area contributed by atoms with Gasteiger partial charge in [-0.3, -0.25) is 10.9 Å². The van der Waals surface area contributed by atoms with Crippen molar-refractivity contribution in [3.8, 4) is 0 Å². The summed E-state index contributed by atoms with van der Waals surface area (Å²) in [6.45, 7) is 0. The van der Waals surface area contributed by atoms with Gasteiger partial charge in [0.1, 0.15) is 5.82 Å². The van der Waals surface area contributed by atoms with E-state index in [1.54, 1.807) is 36.4 Å². The van der Waals surface area contributed by atoms with Crippen LogP contribution in [0.5, 0.6) is 0 Å². The molecule has 0 aromatic heterocycles. The van der Waals surface area contributed by atoms with Crippen molar-refractivity contribution < 1.29 is 9.18 Å². The molecule has 6 heteroatoms. The fourth-order valence-corrected chi connectivity index (χ4v) is 1.50. The molecule has 0 aliphatic carbocycles. The molecule has 2 amide bonds. The maximum atomic E-state index is 13.3. The van der Waals surface area contributed by atoms with E-state index in [0.29, 0.717) is 10.7 Å². The number of amides is 2. The standard InChI is InChI=1S/C13H11ClFN3O/c14-9-5-7-10(8-6-9)17-18-13(19)16-12-4-2-1-3-11(12)15/h1-8,17H,(H2,16,18,19). The Morgan fingerprint density at radius 3 is 2.42 bits per heavy atom. The van der Waals surface area contributed by atoms with Gasteiger partial charge < -0.3 is 5.32 Å². The summed E-state index contributed by atoms with van der Waals surface area (Å²) in [6, 6.07) is 12.1. The number of hydrogen-bond acceptors (Lipinski definition) is 2. The quantitative estimate of drug-likeness (QED) is 0.752. The molecule has 0 heterocycles. The number of hydrazine groups is 1. The van der Waals surface area contributed by atoms with Crippen LogP contribution in [-0.2, 0) is 0 Å². The second kappa shape index (κ2) is 6.06. The lowest BCUT2D eigenvalue weighted by Gasteiger charge is -2.10. The van der Waals surface area contributed by atoms with E-state index in [9.17, 15) is 9.18 Å². The van der Waals surface area contributed by atoms with E-state index in [0.717, 1.165) is 0 Å². The summed E-state index contributed by atoms with van der Waals surface area (Å²) >= 11 is 5.73. The molecule has 2 rings (SSSR count). The summed E-state index contributed by atoms with van der Waals surface area (Å²) in [6.07, 6.45) is 0. The number of hydrogen-bond donors (Lipinski definition) is 3. The van der Waals surface area contributed by atoms with Gasteiger partial charge in [0.25, 0.3) is 0 Å². The van der Waals surface area contributed by atoms with Crippen molar-refractivity contribution in [3.05, 3.63) is 59.4 Å². The Balaban J connectivity index is 1.88. The lowest BCUT2D eigenvalue weighted by molar-refractivity contribution is 0.253. The molecule has 0 saturated carbocycles. The van der Waals surface area contributed by atoms with Crippen LogP contribution in [-0.4, -0.2) is 6.03 Å². The van der Waals surface area contributed by atoms with Crippen LogP contribution in [0, 0.1) is 5.82 Å². The summed E-state index contributed by atoms with van der Waals surface area (Å²) in [5, 5.41) is 2.98. The Morgan fingerprint density at radius 1 is 1.05 bits per heavy atom. The molecule has 0 saturated heterocycles. The minimum atomic E-state index is -0.569. The molecular weight excluding hydrogens is 269 g/mol. The summed E-state index contributed by atoms with van der Waals surface area (Å²) in [5.74, 6) is -0.496. The molecule has 2 aromatic carbocycles. The molecule has 0 aliphatic rings. The van der Waals surface area contributed by atoms with Gasteiger partial charge >= 0.3 is 6.03 Å². The lowest BCUT2D eigenvalue weighted by atomic mass is 10.3. The van der Waals surface area contributed by atoms with Gasteiger partial charge in [-0.2, -0.15) is 0 Å². The van der Waals surface area contributed by atoms with Gasteiger partial charge in [-0.1, -0.05) is 23.7 Å². The van der Waals surface area contributed by atoms with Crippen LogP contribution in [0.1, 0.15) is 0 Å². The van der Waals surface area contributed by atoms with Gasteiger partial charge in [0.2, 0.25) is 0 Å². The number of carbonyl (C=O) groups is 1.